The quantitative estimate of drug-likeness (QED) is 0.0622. The molecule has 2 aromatic rings. The van der Waals surface area contributed by atoms with Gasteiger partial charge in [0.25, 0.3) is 0 Å². The van der Waals surface area contributed by atoms with Gasteiger partial charge in [-0.2, -0.15) is 0 Å². The molecule has 1 aliphatic rings. The number of aryl methyl sites for hydroxylation is 2. The van der Waals surface area contributed by atoms with E-state index in [9.17, 15) is 5.53 Å². The van der Waals surface area contributed by atoms with Gasteiger partial charge in [0.15, 0.2) is 0 Å². The molecule has 3 rings (SSSR count). The van der Waals surface area contributed by atoms with Gasteiger partial charge in [0.1, 0.15) is 0 Å². The third-order valence-electron chi connectivity index (χ3n) is 10.7. The lowest BCUT2D eigenvalue weighted by Crippen LogP contribution is -2.05. The summed E-state index contributed by atoms with van der Waals surface area (Å²) < 4.78 is 1.62. The zero-order valence-corrected chi connectivity index (χ0v) is 34.6. The lowest BCUT2D eigenvalue weighted by atomic mass is 9.90. The molecule has 2 aromatic carbocycles. The average molecular weight is 705 g/mol. The summed E-state index contributed by atoms with van der Waals surface area (Å²) in [5.74, 6) is 0. The van der Waals surface area contributed by atoms with Crippen molar-refractivity contribution in [3.05, 3.63) is 98.6 Å². The summed E-state index contributed by atoms with van der Waals surface area (Å²) in [6.45, 7) is 13.7. The highest BCUT2D eigenvalue weighted by atomic mass is 15.2. The van der Waals surface area contributed by atoms with Crippen LogP contribution in [-0.4, -0.2) is 4.70 Å². The first-order valence-corrected chi connectivity index (χ1v) is 22.1. The van der Waals surface area contributed by atoms with Crippen LogP contribution < -0.4 is 0 Å². The van der Waals surface area contributed by atoms with Gasteiger partial charge >= 0.3 is 0 Å². The molecule has 0 saturated heterocycles. The third kappa shape index (κ3) is 14.4. The van der Waals surface area contributed by atoms with Gasteiger partial charge in [-0.15, -0.1) is 0 Å². The molecule has 0 atom stereocenters. The van der Waals surface area contributed by atoms with Crippen LogP contribution in [0.15, 0.2) is 59.7 Å². The first kappa shape index (κ1) is 43.4. The predicted molar refractivity (Wildman–Crippen MR) is 231 cm³/mol. The molecule has 1 heterocycles. The zero-order valence-electron chi connectivity index (χ0n) is 34.6. The standard InChI is InChI=1S/C50H76N2/c1-7-13-19-21-23-25-27-31-43-36-44(32-28-26-24-22-20-14-8-2)40-46(39-43)50-48(34-18-12-6)47(33-17-11-5)49(52(50)51)45-37-41(29-15-9-3)35-42(38-45)30-16-10-4/h27-28,31-32,35-40H,7-26,29-30,33-34H2,1-6H3. The number of hydrogen-bond donors (Lipinski definition) is 0. The molecule has 286 valence electrons. The first-order chi connectivity index (χ1) is 25.5. The minimum atomic E-state index is 0.990. The Morgan fingerprint density at radius 2 is 0.808 bits per heavy atom. The SMILES string of the molecule is CCCCCCCC=Cc1cc(C=CCCCCCCC)cc(C2=C(CCCC)C(CCCC)=C(c3cc(CCCC)cc(CCCC)c3)[N+]2=[N-])c1. The summed E-state index contributed by atoms with van der Waals surface area (Å²) in [6.07, 6.45) is 38.2. The van der Waals surface area contributed by atoms with Gasteiger partial charge in [-0.1, -0.05) is 149 Å². The van der Waals surface area contributed by atoms with Crippen molar-refractivity contribution in [1.29, 1.82) is 0 Å². The van der Waals surface area contributed by atoms with Crippen molar-refractivity contribution in [3.8, 4) is 0 Å². The maximum Gasteiger partial charge on any atom is 0.211 e. The van der Waals surface area contributed by atoms with Crippen LogP contribution >= 0.6 is 0 Å². The molecule has 0 spiro atoms. The Morgan fingerprint density at radius 3 is 1.23 bits per heavy atom. The second kappa shape index (κ2) is 25.9. The number of benzene rings is 2. The molecule has 0 fully saturated rings. The summed E-state index contributed by atoms with van der Waals surface area (Å²) in [7, 11) is 0. The Morgan fingerprint density at radius 1 is 0.423 bits per heavy atom. The van der Waals surface area contributed by atoms with Crippen LogP contribution in [-0.2, 0) is 12.8 Å². The fourth-order valence-electron chi connectivity index (χ4n) is 7.62. The Labute approximate surface area is 321 Å². The molecule has 1 aliphatic heterocycles. The van der Waals surface area contributed by atoms with Crippen molar-refractivity contribution >= 4 is 23.5 Å². The van der Waals surface area contributed by atoms with Crippen LogP contribution in [0.2, 0.25) is 0 Å². The van der Waals surface area contributed by atoms with Gasteiger partial charge < -0.3 is 5.53 Å². The van der Waals surface area contributed by atoms with Crippen molar-refractivity contribution in [2.45, 2.75) is 196 Å². The van der Waals surface area contributed by atoms with Crippen LogP contribution in [0.25, 0.3) is 29.1 Å². The Kier molecular flexibility index (Phi) is 21.6. The van der Waals surface area contributed by atoms with E-state index in [0.29, 0.717) is 0 Å². The molecule has 52 heavy (non-hydrogen) atoms. The summed E-state index contributed by atoms with van der Waals surface area (Å²) in [6, 6.07) is 14.2. The van der Waals surface area contributed by atoms with E-state index in [4.69, 9.17) is 0 Å². The van der Waals surface area contributed by atoms with Gasteiger partial charge in [0.2, 0.25) is 11.4 Å². The molecule has 0 saturated carbocycles. The maximum atomic E-state index is 12.5. The van der Waals surface area contributed by atoms with Gasteiger partial charge in [-0.25, -0.2) is 4.70 Å². The first-order valence-electron chi connectivity index (χ1n) is 22.1. The van der Waals surface area contributed by atoms with E-state index in [1.165, 1.54) is 129 Å². The van der Waals surface area contributed by atoms with E-state index in [1.54, 1.807) is 4.70 Å². The molecular formula is C50H76N2. The number of nitrogens with zero attached hydrogens (tertiary/aromatic N) is 2. The van der Waals surface area contributed by atoms with Crippen molar-refractivity contribution in [3.63, 3.8) is 0 Å². The number of hydrogen-bond acceptors (Lipinski definition) is 0. The van der Waals surface area contributed by atoms with Crippen LogP contribution in [0, 0.1) is 0 Å². The second-order valence-corrected chi connectivity index (χ2v) is 15.5. The van der Waals surface area contributed by atoms with Crippen LogP contribution in [0.1, 0.15) is 216 Å². The van der Waals surface area contributed by atoms with E-state index >= 15 is 0 Å². The highest BCUT2D eigenvalue weighted by molar-refractivity contribution is 5.83. The van der Waals surface area contributed by atoms with Gasteiger partial charge in [-0.05, 0) is 130 Å². The maximum absolute atomic E-state index is 12.5. The van der Waals surface area contributed by atoms with E-state index < -0.39 is 0 Å². The molecule has 0 aromatic heterocycles. The minimum absolute atomic E-state index is 0.990. The van der Waals surface area contributed by atoms with E-state index in [0.717, 1.165) is 81.2 Å². The molecule has 2 nitrogen and oxygen atoms in total. The van der Waals surface area contributed by atoms with Crippen LogP contribution in [0.4, 0.5) is 0 Å². The smallest absolute Gasteiger partial charge is 0.211 e. The molecule has 0 radical (unpaired) electrons. The van der Waals surface area contributed by atoms with Crippen LogP contribution in [0.5, 0.6) is 0 Å². The van der Waals surface area contributed by atoms with Gasteiger partial charge in [0, 0.05) is 22.3 Å². The molecule has 0 unspecified atom stereocenters. The summed E-state index contributed by atoms with van der Waals surface area (Å²) in [4.78, 5) is 0. The van der Waals surface area contributed by atoms with Crippen molar-refractivity contribution in [1.82, 2.24) is 0 Å². The number of rotatable bonds is 28. The van der Waals surface area contributed by atoms with E-state index in [2.05, 4.69) is 102 Å². The lowest BCUT2D eigenvalue weighted by molar-refractivity contribution is -0.345. The average Bonchev–Trinajstić information content (AvgIpc) is 3.43. The monoisotopic (exact) mass is 705 g/mol. The molecular weight excluding hydrogens is 629 g/mol. The summed E-state index contributed by atoms with van der Waals surface area (Å²) in [5.41, 5.74) is 24.9. The Bertz CT molecular complexity index is 1400. The molecule has 2 heteroatoms. The van der Waals surface area contributed by atoms with Gasteiger partial charge in [0.05, 0.1) is 0 Å². The fraction of sp³-hybridized carbons (Fsp3) is 0.600. The van der Waals surface area contributed by atoms with Crippen molar-refractivity contribution < 1.29 is 4.70 Å². The Balaban J connectivity index is 2.12. The van der Waals surface area contributed by atoms with Crippen LogP contribution in [0.3, 0.4) is 0 Å². The molecule has 0 amide bonds. The summed E-state index contributed by atoms with van der Waals surface area (Å²) >= 11 is 0. The van der Waals surface area contributed by atoms with E-state index in [-0.39, 0.29) is 0 Å². The van der Waals surface area contributed by atoms with Crippen molar-refractivity contribution in [2.24, 2.45) is 0 Å². The number of unbranched alkanes of at least 4 members (excludes halogenated alkanes) is 14. The Hall–Kier alpha value is -3.00. The lowest BCUT2D eigenvalue weighted by Gasteiger charge is -2.14. The molecule has 0 N–H and O–H groups in total. The summed E-state index contributed by atoms with van der Waals surface area (Å²) in [5, 5.41) is 0. The fourth-order valence-corrected chi connectivity index (χ4v) is 7.62. The van der Waals surface area contributed by atoms with E-state index in [1.807, 2.05) is 0 Å². The third-order valence-corrected chi connectivity index (χ3v) is 10.7. The topological polar surface area (TPSA) is 25.3 Å². The normalized spacial score (nSPS) is 13.6. The number of allylic oxidation sites excluding steroid dienone is 4. The second-order valence-electron chi connectivity index (χ2n) is 15.5. The highest BCUT2D eigenvalue weighted by Gasteiger charge is 2.35. The highest BCUT2D eigenvalue weighted by Crippen LogP contribution is 2.45. The minimum Gasteiger partial charge on any atom is -0.493 e. The molecule has 0 aliphatic carbocycles. The zero-order chi connectivity index (χ0) is 37.4. The predicted octanol–water partition coefficient (Wildman–Crippen LogP) is 16.7. The van der Waals surface area contributed by atoms with Crippen molar-refractivity contribution in [2.75, 3.05) is 0 Å². The largest absolute Gasteiger partial charge is 0.493 e. The molecule has 0 bridgehead atoms. The van der Waals surface area contributed by atoms with Gasteiger partial charge in [-0.3, -0.25) is 0 Å².